The van der Waals surface area contributed by atoms with Crippen LogP contribution in [0.2, 0.25) is 0 Å². The lowest BCUT2D eigenvalue weighted by atomic mass is 9.80. The van der Waals surface area contributed by atoms with Crippen molar-refractivity contribution < 1.29 is 19.1 Å². The molecule has 2 amide bonds. The van der Waals surface area contributed by atoms with E-state index in [1.54, 1.807) is 17.4 Å². The van der Waals surface area contributed by atoms with Gasteiger partial charge in [-0.1, -0.05) is 51.3 Å². The Labute approximate surface area is 215 Å². The quantitative estimate of drug-likeness (QED) is 0.443. The van der Waals surface area contributed by atoms with Crippen LogP contribution in [0.5, 0.6) is 0 Å². The molecule has 2 aromatic heterocycles. The summed E-state index contributed by atoms with van der Waals surface area (Å²) in [6, 6.07) is 11.0. The highest BCUT2D eigenvalue weighted by atomic mass is 32.1. The van der Waals surface area contributed by atoms with Gasteiger partial charge in [0.15, 0.2) is 5.76 Å². The number of nitrogens with zero attached hydrogens (tertiary/aromatic N) is 1. The molecule has 1 aliphatic carbocycles. The number of piperidine rings is 1. The zero-order chi connectivity index (χ0) is 25.3. The summed E-state index contributed by atoms with van der Waals surface area (Å²) in [6.45, 7) is 5.60. The van der Waals surface area contributed by atoms with Crippen molar-refractivity contribution >= 4 is 39.8 Å². The average molecular weight is 510 g/mol. The van der Waals surface area contributed by atoms with Gasteiger partial charge in [-0.2, -0.15) is 0 Å². The van der Waals surface area contributed by atoms with E-state index in [-0.39, 0.29) is 23.6 Å². The average Bonchev–Trinajstić information content (AvgIpc) is 3.53. The number of aliphatic hydroxyl groups excluding tert-OH is 1. The fraction of sp³-hybridized carbons (Fsp3) is 0.500. The second kappa shape index (κ2) is 10.3. The number of carbonyl (C=O) groups is 2. The monoisotopic (exact) mass is 509 g/mol. The third kappa shape index (κ3) is 4.89. The zero-order valence-electron chi connectivity index (χ0n) is 21.0. The summed E-state index contributed by atoms with van der Waals surface area (Å²) in [5.74, 6) is 0.0509. The summed E-state index contributed by atoms with van der Waals surface area (Å²) in [5.41, 5.74) is 0.829. The number of para-hydroxylation sites is 1. The standard InChI is InChI=1S/C28H35N3O4S/c1-18(2)25-21(11-15-36-25)31-14-10-20(22(32)17-31)29-27(34)28(12-6-3-7-13-28)30-26(33)24-16-19-8-4-5-9-23(19)35-24/h4-5,8-9,11,15-16,18,20,22,32H,3,6-7,10,12-14,17H2,1-2H3,(H,29,34)(H,30,33). The Morgan fingerprint density at radius 2 is 1.94 bits per heavy atom. The maximum absolute atomic E-state index is 13.6. The van der Waals surface area contributed by atoms with Crippen LogP contribution in [0.15, 0.2) is 46.2 Å². The number of aliphatic hydroxyl groups is 1. The molecule has 2 aliphatic rings. The van der Waals surface area contributed by atoms with E-state index in [1.165, 1.54) is 10.6 Å². The maximum atomic E-state index is 13.6. The number of β-amino-alcohol motifs (C(OH)–C–C–N with tert-alkyl or cyclic N) is 1. The molecule has 7 nitrogen and oxygen atoms in total. The van der Waals surface area contributed by atoms with Crippen LogP contribution in [-0.2, 0) is 4.79 Å². The number of hydrogen-bond donors (Lipinski definition) is 3. The van der Waals surface area contributed by atoms with Gasteiger partial charge < -0.3 is 25.1 Å². The van der Waals surface area contributed by atoms with Gasteiger partial charge in [0.1, 0.15) is 11.1 Å². The highest BCUT2D eigenvalue weighted by molar-refractivity contribution is 7.10. The number of fused-ring (bicyclic) bond motifs is 1. The number of rotatable bonds is 6. The zero-order valence-corrected chi connectivity index (χ0v) is 21.8. The molecule has 2 unspecified atom stereocenters. The van der Waals surface area contributed by atoms with E-state index in [4.69, 9.17) is 4.42 Å². The van der Waals surface area contributed by atoms with Crippen LogP contribution in [0.25, 0.3) is 11.0 Å². The molecule has 3 N–H and O–H groups in total. The van der Waals surface area contributed by atoms with Crippen LogP contribution in [0.4, 0.5) is 5.69 Å². The van der Waals surface area contributed by atoms with E-state index in [0.29, 0.717) is 37.3 Å². The number of furan rings is 1. The second-order valence-corrected chi connectivity index (χ2v) is 11.4. The topological polar surface area (TPSA) is 94.8 Å². The number of thiophene rings is 1. The molecule has 1 aliphatic heterocycles. The van der Waals surface area contributed by atoms with Gasteiger partial charge in [-0.05, 0) is 48.8 Å². The Morgan fingerprint density at radius 3 is 2.67 bits per heavy atom. The molecule has 1 saturated carbocycles. The van der Waals surface area contributed by atoms with Gasteiger partial charge in [-0.15, -0.1) is 11.3 Å². The van der Waals surface area contributed by atoms with Crippen molar-refractivity contribution in [3.63, 3.8) is 0 Å². The fourth-order valence-corrected chi connectivity index (χ4v) is 6.50. The molecule has 1 saturated heterocycles. The van der Waals surface area contributed by atoms with Crippen molar-refractivity contribution in [2.24, 2.45) is 0 Å². The Bertz CT molecular complexity index is 1190. The van der Waals surface area contributed by atoms with Gasteiger partial charge in [0.25, 0.3) is 5.91 Å². The molecule has 0 spiro atoms. The van der Waals surface area contributed by atoms with E-state index >= 15 is 0 Å². The smallest absolute Gasteiger partial charge is 0.287 e. The lowest BCUT2D eigenvalue weighted by Crippen LogP contribution is -2.64. The predicted octanol–water partition coefficient (Wildman–Crippen LogP) is 4.81. The van der Waals surface area contributed by atoms with Gasteiger partial charge in [-0.3, -0.25) is 9.59 Å². The number of benzene rings is 1. The van der Waals surface area contributed by atoms with Crippen molar-refractivity contribution in [3.05, 3.63) is 52.4 Å². The molecule has 3 heterocycles. The predicted molar refractivity (Wildman–Crippen MR) is 143 cm³/mol. The number of anilines is 1. The number of amides is 2. The van der Waals surface area contributed by atoms with E-state index in [1.807, 2.05) is 24.3 Å². The Morgan fingerprint density at radius 1 is 1.17 bits per heavy atom. The summed E-state index contributed by atoms with van der Waals surface area (Å²) < 4.78 is 5.75. The largest absolute Gasteiger partial charge is 0.451 e. The van der Waals surface area contributed by atoms with E-state index in [0.717, 1.165) is 31.2 Å². The molecule has 192 valence electrons. The molecule has 0 bridgehead atoms. The lowest BCUT2D eigenvalue weighted by Gasteiger charge is -2.41. The number of hydrogen-bond acceptors (Lipinski definition) is 6. The van der Waals surface area contributed by atoms with Crippen molar-refractivity contribution in [1.29, 1.82) is 0 Å². The molecule has 5 rings (SSSR count). The summed E-state index contributed by atoms with van der Waals surface area (Å²) in [6.07, 6.45) is 3.88. The van der Waals surface area contributed by atoms with Gasteiger partial charge in [0.05, 0.1) is 17.8 Å². The van der Waals surface area contributed by atoms with E-state index < -0.39 is 11.6 Å². The highest BCUT2D eigenvalue weighted by Gasteiger charge is 2.43. The molecule has 36 heavy (non-hydrogen) atoms. The van der Waals surface area contributed by atoms with Crippen molar-refractivity contribution in [3.8, 4) is 0 Å². The summed E-state index contributed by atoms with van der Waals surface area (Å²) in [5, 5.41) is 20.1. The van der Waals surface area contributed by atoms with Gasteiger partial charge in [0.2, 0.25) is 5.91 Å². The fourth-order valence-electron chi connectivity index (χ4n) is 5.57. The Kier molecular flexibility index (Phi) is 7.08. The molecular formula is C28H35N3O4S. The molecule has 1 aromatic carbocycles. The van der Waals surface area contributed by atoms with Crippen molar-refractivity contribution in [2.45, 2.75) is 76.0 Å². The third-order valence-corrected chi connectivity index (χ3v) is 8.79. The van der Waals surface area contributed by atoms with Crippen LogP contribution in [0, 0.1) is 0 Å². The van der Waals surface area contributed by atoms with Gasteiger partial charge in [-0.25, -0.2) is 0 Å². The normalized spacial score (nSPS) is 22.1. The van der Waals surface area contributed by atoms with Crippen LogP contribution >= 0.6 is 11.3 Å². The van der Waals surface area contributed by atoms with E-state index in [9.17, 15) is 14.7 Å². The van der Waals surface area contributed by atoms with Crippen molar-refractivity contribution in [1.82, 2.24) is 10.6 Å². The van der Waals surface area contributed by atoms with E-state index in [2.05, 4.69) is 40.8 Å². The third-order valence-electron chi connectivity index (χ3n) is 7.58. The molecule has 3 aromatic rings. The minimum absolute atomic E-state index is 0.206. The van der Waals surface area contributed by atoms with Crippen LogP contribution in [0.1, 0.15) is 73.7 Å². The first-order chi connectivity index (χ1) is 17.4. The molecule has 8 heteroatoms. The lowest BCUT2D eigenvalue weighted by molar-refractivity contribution is -0.130. The van der Waals surface area contributed by atoms with Gasteiger partial charge >= 0.3 is 0 Å². The van der Waals surface area contributed by atoms with Crippen LogP contribution < -0.4 is 15.5 Å². The van der Waals surface area contributed by atoms with Gasteiger partial charge in [0, 0.05) is 23.4 Å². The van der Waals surface area contributed by atoms with Crippen molar-refractivity contribution in [2.75, 3.05) is 18.0 Å². The number of nitrogens with one attached hydrogen (secondary N) is 2. The maximum Gasteiger partial charge on any atom is 0.287 e. The number of carbonyl (C=O) groups excluding carboxylic acids is 2. The first kappa shape index (κ1) is 24.8. The minimum Gasteiger partial charge on any atom is -0.451 e. The van der Waals surface area contributed by atoms with Crippen LogP contribution in [0.3, 0.4) is 0 Å². The molecule has 2 atom stereocenters. The first-order valence-corrected chi connectivity index (χ1v) is 13.9. The summed E-state index contributed by atoms with van der Waals surface area (Å²) in [7, 11) is 0. The second-order valence-electron chi connectivity index (χ2n) is 10.5. The molecular weight excluding hydrogens is 474 g/mol. The Balaban J connectivity index is 1.27. The highest BCUT2D eigenvalue weighted by Crippen LogP contribution is 2.35. The summed E-state index contributed by atoms with van der Waals surface area (Å²) in [4.78, 5) is 30.4. The minimum atomic E-state index is -0.997. The summed E-state index contributed by atoms with van der Waals surface area (Å²) >= 11 is 1.75. The molecule has 0 radical (unpaired) electrons. The SMILES string of the molecule is CC(C)c1sccc1N1CCC(NC(=O)C2(NC(=O)c3cc4ccccc4o3)CCCCC2)C(O)C1. The first-order valence-electron chi connectivity index (χ1n) is 13.0. The molecule has 2 fully saturated rings. The Hall–Kier alpha value is -2.84. The van der Waals surface area contributed by atoms with Crippen LogP contribution in [-0.4, -0.2) is 47.7 Å².